The zero-order valence-corrected chi connectivity index (χ0v) is 11.8. The third-order valence-corrected chi connectivity index (χ3v) is 2.17. The second-order valence-electron chi connectivity index (χ2n) is 3.85. The molecular formula is C11H19Cl2N3O2. The highest BCUT2D eigenvalue weighted by molar-refractivity contribution is 5.85. The number of hydrogen-bond acceptors (Lipinski definition) is 3. The summed E-state index contributed by atoms with van der Waals surface area (Å²) >= 11 is 0. The zero-order chi connectivity index (χ0) is 12.0. The van der Waals surface area contributed by atoms with E-state index in [1.54, 1.807) is 12.3 Å². The fourth-order valence-corrected chi connectivity index (χ4v) is 1.20. The van der Waals surface area contributed by atoms with Gasteiger partial charge in [-0.05, 0) is 18.9 Å². The van der Waals surface area contributed by atoms with Gasteiger partial charge in [0.15, 0.2) is 0 Å². The predicted octanol–water partition coefficient (Wildman–Crippen LogP) is 0.962. The van der Waals surface area contributed by atoms with Gasteiger partial charge in [0.2, 0.25) is 11.5 Å². The molecule has 5 nitrogen and oxygen atoms in total. The highest BCUT2D eigenvalue weighted by Gasteiger charge is 2.03. The van der Waals surface area contributed by atoms with Gasteiger partial charge in [-0.2, -0.15) is 0 Å². The normalized spacial score (nSPS) is 10.8. The monoisotopic (exact) mass is 295 g/mol. The first-order valence-corrected chi connectivity index (χ1v) is 5.28. The Balaban J connectivity index is 0. The molecule has 0 bridgehead atoms. The predicted molar refractivity (Wildman–Crippen MR) is 76.3 cm³/mol. The molecule has 4 N–H and O–H groups in total. The maximum Gasteiger partial charge on any atom is 0.247 e. The number of carbonyl (C=O) groups excluding carboxylic acids is 1. The lowest BCUT2D eigenvalue weighted by Crippen LogP contribution is -2.25. The van der Waals surface area contributed by atoms with Crippen molar-refractivity contribution in [2.45, 2.75) is 32.4 Å². The highest BCUT2D eigenvalue weighted by Crippen LogP contribution is 1.96. The molecule has 0 aromatic carbocycles. The quantitative estimate of drug-likeness (QED) is 0.756. The number of aromatic amines is 1. The Hall–Kier alpha value is -1.04. The fraction of sp³-hybridized carbons (Fsp3) is 0.455. The number of nitrogens with one attached hydrogen (secondary N) is 2. The number of hydrogen-bond donors (Lipinski definition) is 3. The van der Waals surface area contributed by atoms with Crippen LogP contribution in [-0.4, -0.2) is 16.9 Å². The molecule has 0 aliphatic rings. The van der Waals surface area contributed by atoms with E-state index in [2.05, 4.69) is 10.3 Å². The SMILES string of the molecule is CC(N)CCC(=O)NCc1ccc(=O)[nH]c1.Cl.Cl. The first-order valence-electron chi connectivity index (χ1n) is 5.28. The number of nitrogens with two attached hydrogens (primary N) is 1. The number of amides is 1. The average molecular weight is 296 g/mol. The molecule has 1 unspecified atom stereocenters. The summed E-state index contributed by atoms with van der Waals surface area (Å²) in [5.74, 6) is -0.0245. The summed E-state index contributed by atoms with van der Waals surface area (Å²) in [4.78, 5) is 24.7. The van der Waals surface area contributed by atoms with Gasteiger partial charge in [0.25, 0.3) is 0 Å². The van der Waals surface area contributed by atoms with Crippen LogP contribution in [-0.2, 0) is 11.3 Å². The van der Waals surface area contributed by atoms with E-state index in [1.807, 2.05) is 6.92 Å². The average Bonchev–Trinajstić information content (AvgIpc) is 2.25. The molecule has 1 aromatic rings. The molecule has 0 aliphatic heterocycles. The molecule has 104 valence electrons. The Morgan fingerprint density at radius 1 is 1.44 bits per heavy atom. The molecule has 1 amide bonds. The number of aromatic nitrogens is 1. The van der Waals surface area contributed by atoms with E-state index in [0.717, 1.165) is 5.56 Å². The molecule has 1 atom stereocenters. The maximum atomic E-state index is 11.3. The number of carbonyl (C=O) groups is 1. The molecule has 18 heavy (non-hydrogen) atoms. The van der Waals surface area contributed by atoms with E-state index in [4.69, 9.17) is 5.73 Å². The second kappa shape index (κ2) is 9.94. The Labute approximate surface area is 118 Å². The van der Waals surface area contributed by atoms with Crippen molar-refractivity contribution in [2.75, 3.05) is 0 Å². The molecule has 0 aliphatic carbocycles. The molecular weight excluding hydrogens is 277 g/mol. The highest BCUT2D eigenvalue weighted by atomic mass is 35.5. The minimum absolute atomic E-state index is 0. The van der Waals surface area contributed by atoms with Gasteiger partial charge in [-0.1, -0.05) is 6.07 Å². The van der Waals surface area contributed by atoms with Crippen LogP contribution >= 0.6 is 24.8 Å². The van der Waals surface area contributed by atoms with Crippen LogP contribution in [0.1, 0.15) is 25.3 Å². The van der Waals surface area contributed by atoms with Gasteiger partial charge >= 0.3 is 0 Å². The standard InChI is InChI=1S/C11H17N3O2.2ClH/c1-8(12)2-4-10(15)13-6-9-3-5-11(16)14-7-9;;/h3,5,7-8H,2,4,6,12H2,1H3,(H,13,15)(H,14,16);2*1H. The molecule has 0 saturated heterocycles. The minimum Gasteiger partial charge on any atom is -0.352 e. The summed E-state index contributed by atoms with van der Waals surface area (Å²) in [5.41, 5.74) is 6.27. The van der Waals surface area contributed by atoms with Crippen molar-refractivity contribution in [1.29, 1.82) is 0 Å². The number of halogens is 2. The fourth-order valence-electron chi connectivity index (χ4n) is 1.20. The lowest BCUT2D eigenvalue weighted by Gasteiger charge is -2.06. The van der Waals surface area contributed by atoms with Crippen LogP contribution in [0.3, 0.4) is 0 Å². The summed E-state index contributed by atoms with van der Waals surface area (Å²) in [6.07, 6.45) is 2.70. The van der Waals surface area contributed by atoms with Crippen LogP contribution in [0.5, 0.6) is 0 Å². The smallest absolute Gasteiger partial charge is 0.247 e. The van der Waals surface area contributed by atoms with Gasteiger partial charge in [0, 0.05) is 31.3 Å². The van der Waals surface area contributed by atoms with Gasteiger partial charge in [-0.3, -0.25) is 9.59 Å². The number of H-pyrrole nitrogens is 1. The second-order valence-corrected chi connectivity index (χ2v) is 3.85. The molecule has 7 heteroatoms. The largest absolute Gasteiger partial charge is 0.352 e. The van der Waals surface area contributed by atoms with Crippen LogP contribution < -0.4 is 16.6 Å². The maximum absolute atomic E-state index is 11.3. The Bertz CT molecular complexity index is 387. The van der Waals surface area contributed by atoms with Gasteiger partial charge in [0.05, 0.1) is 0 Å². The lowest BCUT2D eigenvalue weighted by molar-refractivity contribution is -0.121. The van der Waals surface area contributed by atoms with E-state index in [9.17, 15) is 9.59 Å². The third-order valence-electron chi connectivity index (χ3n) is 2.17. The summed E-state index contributed by atoms with van der Waals surface area (Å²) in [5, 5.41) is 2.76. The van der Waals surface area contributed by atoms with Crippen LogP contribution in [0.4, 0.5) is 0 Å². The van der Waals surface area contributed by atoms with E-state index in [1.165, 1.54) is 6.07 Å². The summed E-state index contributed by atoms with van der Waals surface area (Å²) in [6.45, 7) is 2.30. The van der Waals surface area contributed by atoms with E-state index < -0.39 is 0 Å². The minimum atomic E-state index is -0.146. The Kier molecular flexibility index (Phi) is 10.7. The van der Waals surface area contributed by atoms with Crippen molar-refractivity contribution < 1.29 is 4.79 Å². The van der Waals surface area contributed by atoms with Crippen molar-refractivity contribution in [3.05, 3.63) is 34.2 Å². The topological polar surface area (TPSA) is 88.0 Å². The van der Waals surface area contributed by atoms with Crippen molar-refractivity contribution in [2.24, 2.45) is 5.73 Å². The van der Waals surface area contributed by atoms with Crippen LogP contribution in [0.25, 0.3) is 0 Å². The van der Waals surface area contributed by atoms with E-state index in [0.29, 0.717) is 19.4 Å². The van der Waals surface area contributed by atoms with Crippen molar-refractivity contribution in [3.8, 4) is 0 Å². The molecule has 0 saturated carbocycles. The molecule has 1 heterocycles. The van der Waals surface area contributed by atoms with Gasteiger partial charge < -0.3 is 16.0 Å². The van der Waals surface area contributed by atoms with E-state index >= 15 is 0 Å². The van der Waals surface area contributed by atoms with Crippen molar-refractivity contribution in [3.63, 3.8) is 0 Å². The molecule has 1 rings (SSSR count). The van der Waals surface area contributed by atoms with Gasteiger partial charge in [-0.15, -0.1) is 24.8 Å². The number of pyridine rings is 1. The van der Waals surface area contributed by atoms with Crippen LogP contribution in [0, 0.1) is 0 Å². The molecule has 0 fully saturated rings. The van der Waals surface area contributed by atoms with Crippen molar-refractivity contribution >= 4 is 30.7 Å². The summed E-state index contributed by atoms with van der Waals surface area (Å²) in [7, 11) is 0. The summed E-state index contributed by atoms with van der Waals surface area (Å²) in [6, 6.07) is 3.16. The molecule has 1 aromatic heterocycles. The Morgan fingerprint density at radius 2 is 2.11 bits per heavy atom. The Morgan fingerprint density at radius 3 is 2.61 bits per heavy atom. The first-order chi connectivity index (χ1) is 7.58. The summed E-state index contributed by atoms with van der Waals surface area (Å²) < 4.78 is 0. The van der Waals surface area contributed by atoms with Crippen LogP contribution in [0.15, 0.2) is 23.1 Å². The van der Waals surface area contributed by atoms with Crippen molar-refractivity contribution in [1.82, 2.24) is 10.3 Å². The van der Waals surface area contributed by atoms with Crippen LogP contribution in [0.2, 0.25) is 0 Å². The lowest BCUT2D eigenvalue weighted by atomic mass is 10.2. The number of rotatable bonds is 5. The third kappa shape index (κ3) is 8.11. The van der Waals surface area contributed by atoms with Gasteiger partial charge in [-0.25, -0.2) is 0 Å². The molecule has 0 spiro atoms. The van der Waals surface area contributed by atoms with Gasteiger partial charge in [0.1, 0.15) is 0 Å². The van der Waals surface area contributed by atoms with E-state index in [-0.39, 0.29) is 42.3 Å². The zero-order valence-electron chi connectivity index (χ0n) is 10.1. The first kappa shape index (κ1) is 19.3. The molecule has 0 radical (unpaired) electrons.